The first-order valence-electron chi connectivity index (χ1n) is 8.35. The van der Waals surface area contributed by atoms with Gasteiger partial charge in [-0.15, -0.1) is 0 Å². The van der Waals surface area contributed by atoms with Crippen LogP contribution in [0.5, 0.6) is 11.5 Å². The summed E-state index contributed by atoms with van der Waals surface area (Å²) in [4.78, 5) is 14.0. The van der Waals surface area contributed by atoms with Crippen LogP contribution in [0.25, 0.3) is 0 Å². The lowest BCUT2D eigenvalue weighted by Crippen LogP contribution is -2.36. The van der Waals surface area contributed by atoms with Gasteiger partial charge >= 0.3 is 0 Å². The summed E-state index contributed by atoms with van der Waals surface area (Å²) in [6, 6.07) is 15.6. The number of nitrogens with one attached hydrogen (secondary N) is 1. The van der Waals surface area contributed by atoms with E-state index in [2.05, 4.69) is 5.32 Å². The quantitative estimate of drug-likeness (QED) is 0.761. The summed E-state index contributed by atoms with van der Waals surface area (Å²) in [7, 11) is 3.55. The van der Waals surface area contributed by atoms with Gasteiger partial charge in [-0.1, -0.05) is 30.3 Å². The number of para-hydroxylation sites is 1. The largest absolute Gasteiger partial charge is 0.497 e. The predicted molar refractivity (Wildman–Crippen MR) is 99.0 cm³/mol. The number of likely N-dealkylation sites (N-methyl/N-ethyl adjacent to an activating group) is 1. The van der Waals surface area contributed by atoms with Gasteiger partial charge in [-0.25, -0.2) is 0 Å². The third-order valence-electron chi connectivity index (χ3n) is 3.89. The van der Waals surface area contributed by atoms with Gasteiger partial charge < -0.3 is 14.8 Å². The number of benzene rings is 2. The Balaban J connectivity index is 1.66. The number of methoxy groups -OCH3 is 1. The Kier molecular flexibility index (Phi) is 7.29. The van der Waals surface area contributed by atoms with Crippen molar-refractivity contribution in [1.29, 1.82) is 0 Å². The molecule has 0 aromatic heterocycles. The van der Waals surface area contributed by atoms with E-state index in [4.69, 9.17) is 9.47 Å². The maximum Gasteiger partial charge on any atom is 0.234 e. The van der Waals surface area contributed by atoms with Crippen molar-refractivity contribution >= 4 is 5.91 Å². The molecule has 1 N–H and O–H groups in total. The van der Waals surface area contributed by atoms with Crippen molar-refractivity contribution in [1.82, 2.24) is 10.2 Å². The number of carbonyl (C=O) groups is 1. The van der Waals surface area contributed by atoms with Crippen molar-refractivity contribution in [2.45, 2.75) is 13.5 Å². The van der Waals surface area contributed by atoms with Crippen LogP contribution in [-0.2, 0) is 11.3 Å². The molecule has 0 saturated heterocycles. The van der Waals surface area contributed by atoms with Gasteiger partial charge in [0.1, 0.15) is 18.1 Å². The zero-order valence-electron chi connectivity index (χ0n) is 15.1. The molecule has 5 heteroatoms. The first-order valence-corrected chi connectivity index (χ1v) is 8.35. The van der Waals surface area contributed by atoms with Gasteiger partial charge in [-0.2, -0.15) is 0 Å². The van der Waals surface area contributed by atoms with Crippen LogP contribution in [0.15, 0.2) is 48.5 Å². The van der Waals surface area contributed by atoms with Gasteiger partial charge in [0.05, 0.1) is 13.7 Å². The molecule has 0 heterocycles. The van der Waals surface area contributed by atoms with Crippen LogP contribution in [0.3, 0.4) is 0 Å². The van der Waals surface area contributed by atoms with Crippen molar-refractivity contribution in [2.24, 2.45) is 0 Å². The molecule has 1 amide bonds. The average molecular weight is 342 g/mol. The molecule has 0 fully saturated rings. The van der Waals surface area contributed by atoms with Crippen molar-refractivity contribution in [2.75, 3.05) is 33.9 Å². The highest BCUT2D eigenvalue weighted by molar-refractivity contribution is 5.77. The Morgan fingerprint density at radius 2 is 1.84 bits per heavy atom. The minimum atomic E-state index is -0.00536. The molecule has 0 spiro atoms. The number of hydrogen-bond donors (Lipinski definition) is 1. The zero-order valence-corrected chi connectivity index (χ0v) is 15.1. The van der Waals surface area contributed by atoms with Gasteiger partial charge in [0, 0.05) is 13.1 Å². The summed E-state index contributed by atoms with van der Waals surface area (Å²) < 4.78 is 10.9. The van der Waals surface area contributed by atoms with Crippen LogP contribution in [0, 0.1) is 6.92 Å². The Hall–Kier alpha value is -2.53. The first kappa shape index (κ1) is 18.8. The number of nitrogens with zero attached hydrogens (tertiary/aromatic N) is 1. The highest BCUT2D eigenvalue weighted by atomic mass is 16.5. The van der Waals surface area contributed by atoms with E-state index in [1.54, 1.807) is 7.11 Å². The number of hydrogen-bond acceptors (Lipinski definition) is 4. The zero-order chi connectivity index (χ0) is 18.1. The Labute approximate surface area is 149 Å². The molecule has 0 radical (unpaired) electrons. The fraction of sp³-hybridized carbons (Fsp3) is 0.350. The summed E-state index contributed by atoms with van der Waals surface area (Å²) >= 11 is 0. The number of amides is 1. The molecule has 0 bridgehead atoms. The van der Waals surface area contributed by atoms with Crippen LogP contribution in [0.4, 0.5) is 0 Å². The Morgan fingerprint density at radius 3 is 2.52 bits per heavy atom. The summed E-state index contributed by atoms with van der Waals surface area (Å²) in [5, 5.41) is 2.92. The molecule has 25 heavy (non-hydrogen) atoms. The van der Waals surface area contributed by atoms with E-state index in [9.17, 15) is 4.79 Å². The highest BCUT2D eigenvalue weighted by Crippen LogP contribution is 2.15. The number of carbonyl (C=O) groups excluding carboxylic acids is 1. The third kappa shape index (κ3) is 6.47. The van der Waals surface area contributed by atoms with Crippen molar-refractivity contribution in [3.8, 4) is 11.5 Å². The third-order valence-corrected chi connectivity index (χ3v) is 3.89. The average Bonchev–Trinajstić information content (AvgIpc) is 2.62. The second-order valence-corrected chi connectivity index (χ2v) is 5.98. The molecule has 5 nitrogen and oxygen atoms in total. The molecule has 2 aromatic rings. The van der Waals surface area contributed by atoms with Crippen LogP contribution in [-0.4, -0.2) is 44.7 Å². The molecule has 2 rings (SSSR count). The van der Waals surface area contributed by atoms with Gasteiger partial charge in [0.2, 0.25) is 5.91 Å². The molecular weight excluding hydrogens is 316 g/mol. The van der Waals surface area contributed by atoms with Crippen LogP contribution in [0.1, 0.15) is 11.1 Å². The van der Waals surface area contributed by atoms with Crippen molar-refractivity contribution in [3.63, 3.8) is 0 Å². The van der Waals surface area contributed by atoms with Crippen LogP contribution >= 0.6 is 0 Å². The van der Waals surface area contributed by atoms with Crippen molar-refractivity contribution in [3.05, 3.63) is 59.7 Å². The van der Waals surface area contributed by atoms with Gasteiger partial charge in [0.25, 0.3) is 0 Å². The molecule has 0 aliphatic heterocycles. The van der Waals surface area contributed by atoms with Gasteiger partial charge in [-0.3, -0.25) is 9.69 Å². The van der Waals surface area contributed by atoms with E-state index in [0.717, 1.165) is 22.6 Å². The molecule has 134 valence electrons. The maximum atomic E-state index is 12.0. The Morgan fingerprint density at radius 1 is 1.12 bits per heavy atom. The van der Waals surface area contributed by atoms with Crippen LogP contribution in [0.2, 0.25) is 0 Å². The van der Waals surface area contributed by atoms with Crippen molar-refractivity contribution < 1.29 is 14.3 Å². The number of ether oxygens (including phenoxy) is 2. The van der Waals surface area contributed by atoms with E-state index in [1.165, 1.54) is 0 Å². The summed E-state index contributed by atoms with van der Waals surface area (Å²) in [5.41, 5.74) is 2.15. The maximum absolute atomic E-state index is 12.0. The fourth-order valence-electron chi connectivity index (χ4n) is 2.35. The highest BCUT2D eigenvalue weighted by Gasteiger charge is 2.07. The molecular formula is C20H26N2O3. The minimum absolute atomic E-state index is 0.00536. The van der Waals surface area contributed by atoms with E-state index < -0.39 is 0 Å². The van der Waals surface area contributed by atoms with E-state index in [1.807, 2.05) is 67.4 Å². The Bertz CT molecular complexity index is 671. The molecule has 0 atom stereocenters. The number of aryl methyl sites for hydroxylation is 1. The van der Waals surface area contributed by atoms with E-state index in [-0.39, 0.29) is 5.91 Å². The van der Waals surface area contributed by atoms with E-state index >= 15 is 0 Å². The summed E-state index contributed by atoms with van der Waals surface area (Å²) in [6.45, 7) is 4.10. The SMILES string of the molecule is COc1ccc(CNC(=O)CN(C)CCOc2ccccc2C)cc1. The monoisotopic (exact) mass is 342 g/mol. The normalized spacial score (nSPS) is 10.6. The standard InChI is InChI=1S/C20H26N2O3/c1-16-6-4-5-7-19(16)25-13-12-22(2)15-20(23)21-14-17-8-10-18(24-3)11-9-17/h4-11H,12-15H2,1-3H3,(H,21,23). The predicted octanol–water partition coefficient (Wildman–Crippen LogP) is 2.63. The van der Waals surface area contributed by atoms with Gasteiger partial charge in [0.15, 0.2) is 0 Å². The lowest BCUT2D eigenvalue weighted by molar-refractivity contribution is -0.122. The summed E-state index contributed by atoms with van der Waals surface area (Å²) in [5.74, 6) is 1.69. The number of rotatable bonds is 9. The summed E-state index contributed by atoms with van der Waals surface area (Å²) in [6.07, 6.45) is 0. The molecule has 2 aromatic carbocycles. The molecule has 0 unspecified atom stereocenters. The van der Waals surface area contributed by atoms with Gasteiger partial charge in [-0.05, 0) is 43.3 Å². The fourth-order valence-corrected chi connectivity index (χ4v) is 2.35. The lowest BCUT2D eigenvalue weighted by atomic mass is 10.2. The smallest absolute Gasteiger partial charge is 0.234 e. The minimum Gasteiger partial charge on any atom is -0.497 e. The molecule has 0 saturated carbocycles. The molecule has 0 aliphatic rings. The lowest BCUT2D eigenvalue weighted by Gasteiger charge is -2.17. The van der Waals surface area contributed by atoms with E-state index in [0.29, 0.717) is 26.2 Å². The van der Waals surface area contributed by atoms with Crippen LogP contribution < -0.4 is 14.8 Å². The topological polar surface area (TPSA) is 50.8 Å². The first-order chi connectivity index (χ1) is 12.1. The molecule has 0 aliphatic carbocycles. The second-order valence-electron chi connectivity index (χ2n) is 5.98. The second kappa shape index (κ2) is 9.69.